The lowest BCUT2D eigenvalue weighted by Crippen LogP contribution is -2.48. The van der Waals surface area contributed by atoms with Gasteiger partial charge in [-0.1, -0.05) is 17.4 Å². The number of hydrogen-bond acceptors (Lipinski definition) is 6. The van der Waals surface area contributed by atoms with E-state index >= 15 is 0 Å². The maximum Gasteiger partial charge on any atom is 0.243 e. The van der Waals surface area contributed by atoms with Crippen LogP contribution < -0.4 is 4.90 Å². The molecule has 0 bridgehead atoms. The number of nitrogens with zero attached hydrogens (tertiary/aromatic N) is 5. The number of sulfonamides is 1. The van der Waals surface area contributed by atoms with Crippen LogP contribution in [0.15, 0.2) is 29.3 Å². The third kappa shape index (κ3) is 3.00. The molecule has 26 heavy (non-hydrogen) atoms. The Bertz CT molecular complexity index is 1030. The van der Waals surface area contributed by atoms with Gasteiger partial charge >= 0.3 is 0 Å². The van der Waals surface area contributed by atoms with Crippen LogP contribution in [-0.2, 0) is 10.0 Å². The van der Waals surface area contributed by atoms with Crippen LogP contribution in [0.5, 0.6) is 0 Å². The summed E-state index contributed by atoms with van der Waals surface area (Å²) in [5.74, 6) is 0. The first-order chi connectivity index (χ1) is 12.3. The molecule has 0 N–H and O–H groups in total. The van der Waals surface area contributed by atoms with Crippen LogP contribution in [0.3, 0.4) is 0 Å². The van der Waals surface area contributed by atoms with Crippen LogP contribution in [-0.4, -0.2) is 53.5 Å². The number of aryl methyl sites for hydroxylation is 3. The number of hydrogen-bond donors (Lipinski definition) is 0. The number of rotatable bonds is 3. The zero-order chi connectivity index (χ0) is 18.5. The van der Waals surface area contributed by atoms with E-state index in [9.17, 15) is 8.42 Å². The Hall–Kier alpha value is -1.97. The highest BCUT2D eigenvalue weighted by Crippen LogP contribution is 2.26. The molecule has 1 aliphatic rings. The lowest BCUT2D eigenvalue weighted by Gasteiger charge is -2.33. The van der Waals surface area contributed by atoms with Gasteiger partial charge in [0.2, 0.25) is 20.1 Å². The van der Waals surface area contributed by atoms with Gasteiger partial charge in [0.1, 0.15) is 0 Å². The van der Waals surface area contributed by atoms with Crippen molar-refractivity contribution >= 4 is 31.5 Å². The second-order valence-corrected chi connectivity index (χ2v) is 9.50. The summed E-state index contributed by atoms with van der Waals surface area (Å²) in [4.78, 5) is 7.79. The van der Waals surface area contributed by atoms with Crippen molar-refractivity contribution in [3.05, 3.63) is 41.2 Å². The predicted octanol–water partition coefficient (Wildman–Crippen LogP) is 2.23. The Morgan fingerprint density at radius 2 is 1.77 bits per heavy atom. The molecule has 3 aromatic rings. The molecule has 0 spiro atoms. The highest BCUT2D eigenvalue weighted by molar-refractivity contribution is 7.89. The van der Waals surface area contributed by atoms with Crippen LogP contribution >= 0.6 is 11.3 Å². The molecule has 9 heteroatoms. The SMILES string of the molecule is Cc1cn2nc(N3CCN(S(=O)(=O)c4ccc(C)c(C)c4)CC3)sc2n1. The first kappa shape index (κ1) is 17.4. The van der Waals surface area contributed by atoms with Crippen molar-refractivity contribution in [2.45, 2.75) is 25.7 Å². The van der Waals surface area contributed by atoms with Gasteiger partial charge in [-0.3, -0.25) is 0 Å². The summed E-state index contributed by atoms with van der Waals surface area (Å²) >= 11 is 1.53. The van der Waals surface area contributed by atoms with E-state index in [0.717, 1.165) is 26.9 Å². The smallest absolute Gasteiger partial charge is 0.243 e. The van der Waals surface area contributed by atoms with E-state index in [1.165, 1.54) is 11.3 Å². The fraction of sp³-hybridized carbons (Fsp3) is 0.412. The Kier molecular flexibility index (Phi) is 4.25. The molecule has 138 valence electrons. The molecule has 0 aliphatic carbocycles. The standard InChI is InChI=1S/C17H21N5O2S2/c1-12-4-5-15(10-13(12)2)26(23,24)21-8-6-20(7-9-21)17-19-22-11-14(3)18-16(22)25-17/h4-5,10-11H,6-9H2,1-3H3. The van der Waals surface area contributed by atoms with E-state index in [4.69, 9.17) is 0 Å². The fourth-order valence-corrected chi connectivity index (χ4v) is 5.56. The summed E-state index contributed by atoms with van der Waals surface area (Å²) in [6.07, 6.45) is 1.90. The Morgan fingerprint density at radius 1 is 1.04 bits per heavy atom. The van der Waals surface area contributed by atoms with Gasteiger partial charge in [0, 0.05) is 26.2 Å². The lowest BCUT2D eigenvalue weighted by molar-refractivity contribution is 0.384. The Labute approximate surface area is 156 Å². The molecule has 4 rings (SSSR count). The summed E-state index contributed by atoms with van der Waals surface area (Å²) in [6, 6.07) is 5.32. The summed E-state index contributed by atoms with van der Waals surface area (Å²) in [5.41, 5.74) is 3.03. The van der Waals surface area contributed by atoms with Crippen molar-refractivity contribution in [2.75, 3.05) is 31.1 Å². The van der Waals surface area contributed by atoms with E-state index in [1.807, 2.05) is 33.0 Å². The monoisotopic (exact) mass is 391 g/mol. The molecule has 7 nitrogen and oxygen atoms in total. The van der Waals surface area contributed by atoms with Gasteiger partial charge in [-0.05, 0) is 44.0 Å². The molecule has 1 aliphatic heterocycles. The number of imidazole rings is 1. The van der Waals surface area contributed by atoms with Crippen molar-refractivity contribution in [1.29, 1.82) is 0 Å². The molecule has 2 aromatic heterocycles. The van der Waals surface area contributed by atoms with Crippen LogP contribution in [0.25, 0.3) is 4.96 Å². The molecule has 0 saturated carbocycles. The molecule has 1 aromatic carbocycles. The van der Waals surface area contributed by atoms with Crippen molar-refractivity contribution < 1.29 is 8.42 Å². The number of piperazine rings is 1. The maximum absolute atomic E-state index is 12.9. The zero-order valence-corrected chi connectivity index (χ0v) is 16.6. The molecule has 1 saturated heterocycles. The van der Waals surface area contributed by atoms with E-state index in [1.54, 1.807) is 21.0 Å². The van der Waals surface area contributed by atoms with Crippen LogP contribution in [0.4, 0.5) is 5.13 Å². The highest BCUT2D eigenvalue weighted by Gasteiger charge is 2.29. The molecule has 0 amide bonds. The topological polar surface area (TPSA) is 70.8 Å². The first-order valence-electron chi connectivity index (χ1n) is 8.50. The van der Waals surface area contributed by atoms with Gasteiger partial charge in [0.05, 0.1) is 16.8 Å². The largest absolute Gasteiger partial charge is 0.344 e. The van der Waals surface area contributed by atoms with Gasteiger partial charge in [-0.2, -0.15) is 4.31 Å². The minimum Gasteiger partial charge on any atom is -0.344 e. The maximum atomic E-state index is 12.9. The fourth-order valence-electron chi connectivity index (χ4n) is 3.07. The molecule has 0 radical (unpaired) electrons. The minimum atomic E-state index is -3.45. The molecule has 1 fully saturated rings. The molecule has 0 atom stereocenters. The zero-order valence-electron chi connectivity index (χ0n) is 15.0. The van der Waals surface area contributed by atoms with Crippen LogP contribution in [0.1, 0.15) is 16.8 Å². The van der Waals surface area contributed by atoms with Crippen molar-refractivity contribution in [2.24, 2.45) is 0 Å². The molecule has 3 heterocycles. The number of fused-ring (bicyclic) bond motifs is 1. The molecule has 0 unspecified atom stereocenters. The first-order valence-corrected chi connectivity index (χ1v) is 10.8. The summed E-state index contributed by atoms with van der Waals surface area (Å²) in [6.45, 7) is 8.02. The normalized spacial score (nSPS) is 16.5. The van der Waals surface area contributed by atoms with Crippen molar-refractivity contribution in [1.82, 2.24) is 18.9 Å². The quantitative estimate of drug-likeness (QED) is 0.685. The van der Waals surface area contributed by atoms with Crippen LogP contribution in [0, 0.1) is 20.8 Å². The number of aromatic nitrogens is 3. The second kappa shape index (κ2) is 6.33. The van der Waals surface area contributed by atoms with Crippen molar-refractivity contribution in [3.63, 3.8) is 0 Å². The molecular formula is C17H21N5O2S2. The summed E-state index contributed by atoms with van der Waals surface area (Å²) < 4.78 is 29.2. The number of anilines is 1. The average molecular weight is 392 g/mol. The van der Waals surface area contributed by atoms with Gasteiger partial charge in [0.25, 0.3) is 0 Å². The van der Waals surface area contributed by atoms with Gasteiger partial charge in [0.15, 0.2) is 0 Å². The van der Waals surface area contributed by atoms with Gasteiger partial charge < -0.3 is 4.90 Å². The second-order valence-electron chi connectivity index (χ2n) is 6.63. The van der Waals surface area contributed by atoms with E-state index < -0.39 is 10.0 Å². The predicted molar refractivity (Wildman–Crippen MR) is 102 cm³/mol. The summed E-state index contributed by atoms with van der Waals surface area (Å²) in [7, 11) is -3.45. The van der Waals surface area contributed by atoms with Crippen molar-refractivity contribution in [3.8, 4) is 0 Å². The van der Waals surface area contributed by atoms with Gasteiger partial charge in [-0.25, -0.2) is 17.9 Å². The number of benzene rings is 1. The van der Waals surface area contributed by atoms with Gasteiger partial charge in [-0.15, -0.1) is 5.10 Å². The third-order valence-electron chi connectivity index (χ3n) is 4.78. The minimum absolute atomic E-state index is 0.372. The van der Waals surface area contributed by atoms with Crippen LogP contribution in [0.2, 0.25) is 0 Å². The average Bonchev–Trinajstić information content (AvgIpc) is 3.14. The lowest BCUT2D eigenvalue weighted by atomic mass is 10.1. The Balaban J connectivity index is 1.50. The van der Waals surface area contributed by atoms with E-state index in [-0.39, 0.29) is 0 Å². The highest BCUT2D eigenvalue weighted by atomic mass is 32.2. The van der Waals surface area contributed by atoms with E-state index in [2.05, 4.69) is 15.0 Å². The summed E-state index contributed by atoms with van der Waals surface area (Å²) in [5, 5.41) is 5.44. The Morgan fingerprint density at radius 3 is 2.42 bits per heavy atom. The third-order valence-corrected chi connectivity index (χ3v) is 7.66. The van der Waals surface area contributed by atoms with E-state index in [0.29, 0.717) is 31.1 Å². The molecular weight excluding hydrogens is 370 g/mol.